The van der Waals surface area contributed by atoms with E-state index < -0.39 is 0 Å². The van der Waals surface area contributed by atoms with Gasteiger partial charge >= 0.3 is 0 Å². The summed E-state index contributed by atoms with van der Waals surface area (Å²) in [4.78, 5) is 27.8. The van der Waals surface area contributed by atoms with E-state index in [1.807, 2.05) is 6.92 Å². The summed E-state index contributed by atoms with van der Waals surface area (Å²) in [5, 5.41) is 7.66. The number of nitrogens with zero attached hydrogens (tertiary/aromatic N) is 1. The second-order valence-corrected chi connectivity index (χ2v) is 5.32. The lowest BCUT2D eigenvalue weighted by atomic mass is 10.2. The highest BCUT2D eigenvalue weighted by molar-refractivity contribution is 7.14. The van der Waals surface area contributed by atoms with Crippen molar-refractivity contribution < 1.29 is 14.3 Å². The number of carbonyl (C=O) groups excluding carboxylic acids is 2. The van der Waals surface area contributed by atoms with Crippen LogP contribution in [-0.4, -0.2) is 30.5 Å². The van der Waals surface area contributed by atoms with Crippen molar-refractivity contribution in [3.63, 3.8) is 0 Å². The molecule has 2 rings (SSSR count). The van der Waals surface area contributed by atoms with Crippen molar-refractivity contribution in [3.05, 3.63) is 40.9 Å². The minimum atomic E-state index is -0.249. The zero-order valence-electron chi connectivity index (χ0n) is 12.4. The Bertz CT molecular complexity index is 652. The summed E-state index contributed by atoms with van der Waals surface area (Å²) in [5.74, 6) is 0.359. The molecule has 7 heteroatoms. The van der Waals surface area contributed by atoms with E-state index in [1.54, 1.807) is 36.8 Å². The first-order chi connectivity index (χ1) is 10.6. The van der Waals surface area contributed by atoms with Crippen molar-refractivity contribution in [2.45, 2.75) is 13.3 Å². The maximum atomic E-state index is 12.1. The van der Waals surface area contributed by atoms with E-state index in [9.17, 15) is 9.59 Å². The fraction of sp³-hybridized carbons (Fsp3) is 0.267. The third-order valence-electron chi connectivity index (χ3n) is 2.84. The first-order valence-electron chi connectivity index (χ1n) is 6.79. The Kier molecular flexibility index (Phi) is 5.48. The molecule has 2 N–H and O–H groups in total. The average Bonchev–Trinajstić information content (AvgIpc) is 2.94. The van der Waals surface area contributed by atoms with Gasteiger partial charge in [0.2, 0.25) is 5.91 Å². The summed E-state index contributed by atoms with van der Waals surface area (Å²) in [7, 11) is 1.57. The smallest absolute Gasteiger partial charge is 0.257 e. The maximum Gasteiger partial charge on any atom is 0.257 e. The number of hydrogen-bond acceptors (Lipinski definition) is 5. The Morgan fingerprint density at radius 1 is 1.27 bits per heavy atom. The average molecular weight is 319 g/mol. The molecule has 22 heavy (non-hydrogen) atoms. The highest BCUT2D eigenvalue weighted by Crippen LogP contribution is 2.18. The lowest BCUT2D eigenvalue weighted by Gasteiger charge is -2.03. The highest BCUT2D eigenvalue weighted by atomic mass is 32.1. The van der Waals surface area contributed by atoms with Gasteiger partial charge in [-0.25, -0.2) is 4.98 Å². The van der Waals surface area contributed by atoms with Gasteiger partial charge in [-0.15, -0.1) is 11.3 Å². The van der Waals surface area contributed by atoms with Crippen LogP contribution in [0.1, 0.15) is 23.0 Å². The molecular formula is C15H17N3O3S. The van der Waals surface area contributed by atoms with Crippen molar-refractivity contribution in [2.24, 2.45) is 0 Å². The van der Waals surface area contributed by atoms with Crippen LogP contribution < -0.4 is 15.4 Å². The van der Waals surface area contributed by atoms with Crippen molar-refractivity contribution in [1.29, 1.82) is 0 Å². The van der Waals surface area contributed by atoms with Gasteiger partial charge in [-0.1, -0.05) is 0 Å². The van der Waals surface area contributed by atoms with Crippen LogP contribution in [0.4, 0.5) is 5.13 Å². The number of carbonyl (C=O) groups is 2. The Hall–Kier alpha value is -2.41. The lowest BCUT2D eigenvalue weighted by molar-refractivity contribution is -0.120. The maximum absolute atomic E-state index is 12.1. The zero-order chi connectivity index (χ0) is 15.9. The van der Waals surface area contributed by atoms with Crippen LogP contribution in [0.25, 0.3) is 0 Å². The molecule has 1 heterocycles. The molecule has 0 radical (unpaired) electrons. The molecule has 0 aliphatic heterocycles. The topological polar surface area (TPSA) is 80.3 Å². The molecule has 0 saturated carbocycles. The minimum Gasteiger partial charge on any atom is -0.497 e. The second-order valence-electron chi connectivity index (χ2n) is 4.46. The molecule has 1 aromatic carbocycles. The SMILES string of the molecule is CCNC(=O)Cc1csc(NC(=O)c2ccc(OC)cc2)n1. The van der Waals surface area contributed by atoms with Gasteiger partial charge in [-0.2, -0.15) is 0 Å². The van der Waals surface area contributed by atoms with E-state index in [0.717, 1.165) is 0 Å². The number of amides is 2. The third-order valence-corrected chi connectivity index (χ3v) is 3.65. The monoisotopic (exact) mass is 319 g/mol. The largest absolute Gasteiger partial charge is 0.497 e. The minimum absolute atomic E-state index is 0.0826. The molecule has 0 unspecified atom stereocenters. The third kappa shape index (κ3) is 4.29. The number of thiazole rings is 1. The van der Waals surface area contributed by atoms with Gasteiger partial charge in [-0.3, -0.25) is 14.9 Å². The van der Waals surface area contributed by atoms with Crippen LogP contribution in [0.5, 0.6) is 5.75 Å². The zero-order valence-corrected chi connectivity index (χ0v) is 13.2. The normalized spacial score (nSPS) is 10.1. The predicted octanol–water partition coefficient (Wildman–Crippen LogP) is 2.08. The fourth-order valence-electron chi connectivity index (χ4n) is 1.78. The number of anilines is 1. The summed E-state index contributed by atoms with van der Waals surface area (Å²) in [6.45, 7) is 2.45. The number of aromatic nitrogens is 1. The van der Waals surface area contributed by atoms with E-state index in [2.05, 4.69) is 15.6 Å². The fourth-order valence-corrected chi connectivity index (χ4v) is 2.49. The predicted molar refractivity (Wildman–Crippen MR) is 85.4 cm³/mol. The highest BCUT2D eigenvalue weighted by Gasteiger charge is 2.11. The number of methoxy groups -OCH3 is 1. The molecule has 2 amide bonds. The summed E-state index contributed by atoms with van der Waals surface area (Å²) < 4.78 is 5.05. The quantitative estimate of drug-likeness (QED) is 0.854. The number of benzene rings is 1. The number of ether oxygens (including phenoxy) is 1. The van der Waals surface area contributed by atoms with Gasteiger partial charge in [0.15, 0.2) is 5.13 Å². The second kappa shape index (κ2) is 7.56. The van der Waals surface area contributed by atoms with Gasteiger partial charge in [0, 0.05) is 17.5 Å². The van der Waals surface area contributed by atoms with Crippen molar-refractivity contribution in [3.8, 4) is 5.75 Å². The van der Waals surface area contributed by atoms with Crippen molar-refractivity contribution in [2.75, 3.05) is 19.0 Å². The molecule has 1 aromatic heterocycles. The van der Waals surface area contributed by atoms with Crippen LogP contribution >= 0.6 is 11.3 Å². The van der Waals surface area contributed by atoms with Crippen LogP contribution in [0.2, 0.25) is 0 Å². The summed E-state index contributed by atoms with van der Waals surface area (Å²) in [5.41, 5.74) is 1.15. The van der Waals surface area contributed by atoms with Gasteiger partial charge in [0.05, 0.1) is 19.2 Å². The van der Waals surface area contributed by atoms with Gasteiger partial charge in [0.1, 0.15) is 5.75 Å². The number of rotatable bonds is 6. The Morgan fingerprint density at radius 3 is 2.64 bits per heavy atom. The van der Waals surface area contributed by atoms with E-state index in [4.69, 9.17) is 4.74 Å². The summed E-state index contributed by atoms with van der Waals surface area (Å²) in [6.07, 6.45) is 0.211. The molecule has 0 fully saturated rings. The van der Waals surface area contributed by atoms with Crippen molar-refractivity contribution in [1.82, 2.24) is 10.3 Å². The van der Waals surface area contributed by atoms with Crippen LogP contribution in [0, 0.1) is 0 Å². The summed E-state index contributed by atoms with van der Waals surface area (Å²) in [6, 6.07) is 6.79. The molecular weight excluding hydrogens is 302 g/mol. The Labute approximate surface area is 132 Å². The van der Waals surface area contributed by atoms with E-state index >= 15 is 0 Å². The first-order valence-corrected chi connectivity index (χ1v) is 7.67. The molecule has 0 atom stereocenters. The molecule has 0 saturated heterocycles. The molecule has 2 aromatic rings. The molecule has 0 bridgehead atoms. The van der Waals surface area contributed by atoms with Crippen LogP contribution in [0.15, 0.2) is 29.6 Å². The van der Waals surface area contributed by atoms with E-state index in [0.29, 0.717) is 28.7 Å². The van der Waals surface area contributed by atoms with E-state index in [1.165, 1.54) is 11.3 Å². The Balaban J connectivity index is 1.96. The number of likely N-dealkylation sites (N-methyl/N-ethyl adjacent to an activating group) is 1. The van der Waals surface area contributed by atoms with Crippen LogP contribution in [0.3, 0.4) is 0 Å². The molecule has 0 aliphatic rings. The van der Waals surface area contributed by atoms with E-state index in [-0.39, 0.29) is 18.2 Å². The van der Waals surface area contributed by atoms with Crippen LogP contribution in [-0.2, 0) is 11.2 Å². The molecule has 116 valence electrons. The standard InChI is InChI=1S/C15H17N3O3S/c1-3-16-13(19)8-11-9-22-15(17-11)18-14(20)10-4-6-12(21-2)7-5-10/h4-7,9H,3,8H2,1-2H3,(H,16,19)(H,17,18,20). The lowest BCUT2D eigenvalue weighted by Crippen LogP contribution is -2.24. The van der Waals surface area contributed by atoms with Gasteiger partial charge < -0.3 is 10.1 Å². The summed E-state index contributed by atoms with van der Waals surface area (Å²) >= 11 is 1.29. The molecule has 6 nitrogen and oxygen atoms in total. The number of nitrogens with one attached hydrogen (secondary N) is 2. The molecule has 0 spiro atoms. The van der Waals surface area contributed by atoms with Gasteiger partial charge in [-0.05, 0) is 31.2 Å². The van der Waals surface area contributed by atoms with Crippen molar-refractivity contribution >= 4 is 28.3 Å². The van der Waals surface area contributed by atoms with Gasteiger partial charge in [0.25, 0.3) is 5.91 Å². The number of hydrogen-bond donors (Lipinski definition) is 2. The molecule has 0 aliphatic carbocycles. The first kappa shape index (κ1) is 16.0. The Morgan fingerprint density at radius 2 is 2.00 bits per heavy atom.